The Morgan fingerprint density at radius 1 is 1.47 bits per heavy atom. The predicted octanol–water partition coefficient (Wildman–Crippen LogP) is 1.37. The number of aryl methyl sites for hydroxylation is 1. The van der Waals surface area contributed by atoms with Crippen LogP contribution in [0.4, 0.5) is 5.69 Å². The molecule has 2 aromatic heterocycles. The first-order valence-corrected chi connectivity index (χ1v) is 5.69. The second-order valence-electron chi connectivity index (χ2n) is 4.02. The normalized spacial score (nSPS) is 10.2. The standard InChI is InChI=1S/C13H15N3O3/c1-16-7-9(14)6-11(16)13(17)19-8-10-4-3-5-12(15-10)18-2/h3-7H,8,14H2,1-2H3. The van der Waals surface area contributed by atoms with Gasteiger partial charge in [0.05, 0.1) is 18.5 Å². The van der Waals surface area contributed by atoms with E-state index in [9.17, 15) is 4.79 Å². The van der Waals surface area contributed by atoms with Crippen molar-refractivity contribution in [2.45, 2.75) is 6.61 Å². The number of carbonyl (C=O) groups excluding carboxylic acids is 1. The van der Waals surface area contributed by atoms with Crippen LogP contribution in [0.1, 0.15) is 16.2 Å². The maximum Gasteiger partial charge on any atom is 0.355 e. The van der Waals surface area contributed by atoms with Gasteiger partial charge in [0.25, 0.3) is 0 Å². The van der Waals surface area contributed by atoms with Gasteiger partial charge in [-0.25, -0.2) is 9.78 Å². The molecule has 0 unspecified atom stereocenters. The Bertz CT molecular complexity index is 593. The fourth-order valence-corrected chi connectivity index (χ4v) is 1.66. The van der Waals surface area contributed by atoms with Gasteiger partial charge in [0.2, 0.25) is 5.88 Å². The van der Waals surface area contributed by atoms with Crippen molar-refractivity contribution >= 4 is 11.7 Å². The molecule has 2 N–H and O–H groups in total. The summed E-state index contributed by atoms with van der Waals surface area (Å²) < 4.78 is 11.8. The molecule has 0 aliphatic rings. The van der Waals surface area contributed by atoms with E-state index in [0.29, 0.717) is 23.0 Å². The van der Waals surface area contributed by atoms with E-state index >= 15 is 0 Å². The highest BCUT2D eigenvalue weighted by molar-refractivity contribution is 5.89. The van der Waals surface area contributed by atoms with E-state index in [0.717, 1.165) is 0 Å². The zero-order valence-electron chi connectivity index (χ0n) is 10.8. The third-order valence-corrected chi connectivity index (χ3v) is 2.58. The van der Waals surface area contributed by atoms with Gasteiger partial charge in [-0.2, -0.15) is 0 Å². The van der Waals surface area contributed by atoms with Crippen molar-refractivity contribution < 1.29 is 14.3 Å². The summed E-state index contributed by atoms with van der Waals surface area (Å²) in [5.41, 5.74) is 7.15. The highest BCUT2D eigenvalue weighted by atomic mass is 16.5. The largest absolute Gasteiger partial charge is 0.481 e. The molecule has 0 aliphatic carbocycles. The van der Waals surface area contributed by atoms with Gasteiger partial charge < -0.3 is 19.8 Å². The van der Waals surface area contributed by atoms with Crippen LogP contribution < -0.4 is 10.5 Å². The summed E-state index contributed by atoms with van der Waals surface area (Å²) in [6.45, 7) is 0.0844. The van der Waals surface area contributed by atoms with Gasteiger partial charge in [0.15, 0.2) is 0 Å². The molecular formula is C13H15N3O3. The zero-order valence-corrected chi connectivity index (χ0v) is 10.8. The lowest BCUT2D eigenvalue weighted by atomic mass is 10.3. The zero-order chi connectivity index (χ0) is 13.8. The van der Waals surface area contributed by atoms with E-state index < -0.39 is 5.97 Å². The Labute approximate surface area is 110 Å². The fourth-order valence-electron chi connectivity index (χ4n) is 1.66. The Balaban J connectivity index is 2.02. The molecule has 0 fully saturated rings. The van der Waals surface area contributed by atoms with Crippen LogP contribution in [-0.4, -0.2) is 22.6 Å². The van der Waals surface area contributed by atoms with Crippen LogP contribution in [0.3, 0.4) is 0 Å². The second kappa shape index (κ2) is 5.43. The monoisotopic (exact) mass is 261 g/mol. The minimum Gasteiger partial charge on any atom is -0.481 e. The third kappa shape index (κ3) is 3.04. The smallest absolute Gasteiger partial charge is 0.355 e. The van der Waals surface area contributed by atoms with Crippen molar-refractivity contribution in [1.82, 2.24) is 9.55 Å². The topological polar surface area (TPSA) is 79.4 Å². The lowest BCUT2D eigenvalue weighted by molar-refractivity contribution is 0.0456. The van der Waals surface area contributed by atoms with Crippen LogP contribution in [0.2, 0.25) is 0 Å². The molecule has 6 nitrogen and oxygen atoms in total. The van der Waals surface area contributed by atoms with Crippen LogP contribution in [0.15, 0.2) is 30.5 Å². The van der Waals surface area contributed by atoms with Crippen molar-refractivity contribution in [1.29, 1.82) is 0 Å². The van der Waals surface area contributed by atoms with Crippen LogP contribution in [-0.2, 0) is 18.4 Å². The number of nitrogens with zero attached hydrogens (tertiary/aromatic N) is 2. The minimum atomic E-state index is -0.441. The van der Waals surface area contributed by atoms with Crippen molar-refractivity contribution in [3.05, 3.63) is 41.9 Å². The molecule has 0 saturated carbocycles. The molecule has 0 aromatic carbocycles. The van der Waals surface area contributed by atoms with E-state index in [1.54, 1.807) is 42.1 Å². The lowest BCUT2D eigenvalue weighted by Crippen LogP contribution is -2.10. The maximum atomic E-state index is 11.8. The summed E-state index contributed by atoms with van der Waals surface area (Å²) in [6.07, 6.45) is 1.65. The Kier molecular flexibility index (Phi) is 3.70. The highest BCUT2D eigenvalue weighted by Gasteiger charge is 2.12. The molecule has 0 spiro atoms. The number of nitrogens with two attached hydrogens (primary N) is 1. The summed E-state index contributed by atoms with van der Waals surface area (Å²) >= 11 is 0. The number of methoxy groups -OCH3 is 1. The van der Waals surface area contributed by atoms with Crippen molar-refractivity contribution in [3.8, 4) is 5.88 Å². The second-order valence-corrected chi connectivity index (χ2v) is 4.02. The first kappa shape index (κ1) is 12.9. The van der Waals surface area contributed by atoms with Crippen molar-refractivity contribution in [2.75, 3.05) is 12.8 Å². The summed E-state index contributed by atoms with van der Waals surface area (Å²) in [6, 6.07) is 6.84. The lowest BCUT2D eigenvalue weighted by Gasteiger charge is -2.06. The number of anilines is 1. The van der Waals surface area contributed by atoms with E-state index in [4.69, 9.17) is 15.2 Å². The molecule has 0 bridgehead atoms. The molecule has 0 atom stereocenters. The highest BCUT2D eigenvalue weighted by Crippen LogP contribution is 2.12. The number of pyridine rings is 1. The molecule has 100 valence electrons. The number of hydrogen-bond donors (Lipinski definition) is 1. The average molecular weight is 261 g/mol. The van der Waals surface area contributed by atoms with Gasteiger partial charge in [0, 0.05) is 19.3 Å². The van der Waals surface area contributed by atoms with Crippen molar-refractivity contribution in [2.24, 2.45) is 7.05 Å². The first-order chi connectivity index (χ1) is 9.10. The molecular weight excluding hydrogens is 246 g/mol. The van der Waals surface area contributed by atoms with Crippen LogP contribution >= 0.6 is 0 Å². The van der Waals surface area contributed by atoms with Gasteiger partial charge in [-0.1, -0.05) is 6.07 Å². The van der Waals surface area contributed by atoms with Gasteiger partial charge in [0.1, 0.15) is 12.3 Å². The van der Waals surface area contributed by atoms with Crippen LogP contribution in [0.25, 0.3) is 0 Å². The van der Waals surface area contributed by atoms with Gasteiger partial charge in [-0.15, -0.1) is 0 Å². The Hall–Kier alpha value is -2.50. The van der Waals surface area contributed by atoms with E-state index in [1.165, 1.54) is 7.11 Å². The predicted molar refractivity (Wildman–Crippen MR) is 69.7 cm³/mol. The number of hydrogen-bond acceptors (Lipinski definition) is 5. The van der Waals surface area contributed by atoms with E-state index in [1.807, 2.05) is 0 Å². The SMILES string of the molecule is COc1cccc(COC(=O)c2cc(N)cn2C)n1. The number of carbonyl (C=O) groups is 1. The van der Waals surface area contributed by atoms with Crippen LogP contribution in [0.5, 0.6) is 5.88 Å². The number of esters is 1. The van der Waals surface area contributed by atoms with Gasteiger partial charge >= 0.3 is 5.97 Å². The summed E-state index contributed by atoms with van der Waals surface area (Å²) in [7, 11) is 3.27. The van der Waals surface area contributed by atoms with Crippen molar-refractivity contribution in [3.63, 3.8) is 0 Å². The summed E-state index contributed by atoms with van der Waals surface area (Å²) in [4.78, 5) is 16.0. The maximum absolute atomic E-state index is 11.8. The molecule has 0 saturated heterocycles. The van der Waals surface area contributed by atoms with E-state index in [-0.39, 0.29) is 6.61 Å². The van der Waals surface area contributed by atoms with E-state index in [2.05, 4.69) is 4.98 Å². The molecule has 19 heavy (non-hydrogen) atoms. The molecule has 2 aromatic rings. The summed E-state index contributed by atoms with van der Waals surface area (Å²) in [5, 5.41) is 0. The molecule has 0 radical (unpaired) electrons. The molecule has 6 heteroatoms. The van der Waals surface area contributed by atoms with Gasteiger partial charge in [-0.3, -0.25) is 0 Å². The van der Waals surface area contributed by atoms with Crippen LogP contribution in [0, 0.1) is 0 Å². The summed E-state index contributed by atoms with van der Waals surface area (Å²) in [5.74, 6) is 0.0421. The quantitative estimate of drug-likeness (QED) is 0.841. The minimum absolute atomic E-state index is 0.0844. The molecule has 0 amide bonds. The molecule has 0 aliphatic heterocycles. The molecule has 2 heterocycles. The number of ether oxygens (including phenoxy) is 2. The number of nitrogen functional groups attached to an aromatic ring is 1. The first-order valence-electron chi connectivity index (χ1n) is 5.69. The number of rotatable bonds is 4. The fraction of sp³-hybridized carbons (Fsp3) is 0.231. The third-order valence-electron chi connectivity index (χ3n) is 2.58. The number of aromatic nitrogens is 2. The Morgan fingerprint density at radius 2 is 2.26 bits per heavy atom. The van der Waals surface area contributed by atoms with Gasteiger partial charge in [-0.05, 0) is 12.1 Å². The average Bonchev–Trinajstić information content (AvgIpc) is 2.75. The molecule has 2 rings (SSSR count). The Morgan fingerprint density at radius 3 is 2.89 bits per heavy atom.